The third-order valence-corrected chi connectivity index (χ3v) is 3.12. The van der Waals surface area contributed by atoms with Crippen LogP contribution < -0.4 is 0 Å². The quantitative estimate of drug-likeness (QED) is 0.365. The summed E-state index contributed by atoms with van der Waals surface area (Å²) in [6, 6.07) is 0. The first-order valence-electron chi connectivity index (χ1n) is 3.64. The van der Waals surface area contributed by atoms with Crippen LogP contribution in [0.25, 0.3) is 0 Å². The van der Waals surface area contributed by atoms with Crippen LogP contribution in [-0.4, -0.2) is 9.91 Å². The van der Waals surface area contributed by atoms with Crippen molar-refractivity contribution in [2.24, 2.45) is 0 Å². The maximum Gasteiger partial charge on any atom is 0.310 e. The standard InChI is InChI=1S/C7H4ClF2IN2O2/c8-1-3-2-12-5(7(9)10)6(4(3)11)13(14)15/h2,7H,1H2. The lowest BCUT2D eigenvalue weighted by molar-refractivity contribution is -0.387. The number of hydrogen-bond acceptors (Lipinski definition) is 3. The molecular weight excluding hydrogens is 344 g/mol. The number of alkyl halides is 3. The number of nitrogens with zero attached hydrogens (tertiary/aromatic N) is 2. The molecule has 0 atom stereocenters. The third-order valence-electron chi connectivity index (χ3n) is 1.63. The van der Waals surface area contributed by atoms with Crippen LogP contribution in [0, 0.1) is 13.7 Å². The molecule has 0 aliphatic carbocycles. The van der Waals surface area contributed by atoms with Gasteiger partial charge in [0.2, 0.25) is 0 Å². The Morgan fingerprint density at radius 3 is 2.67 bits per heavy atom. The van der Waals surface area contributed by atoms with E-state index in [2.05, 4.69) is 4.98 Å². The molecule has 0 aliphatic rings. The van der Waals surface area contributed by atoms with Gasteiger partial charge in [-0.3, -0.25) is 10.1 Å². The summed E-state index contributed by atoms with van der Waals surface area (Å²) in [5.74, 6) is -0.00433. The number of hydrogen-bond donors (Lipinski definition) is 0. The molecule has 1 aromatic heterocycles. The van der Waals surface area contributed by atoms with Crippen LogP contribution in [0.5, 0.6) is 0 Å². The summed E-state index contributed by atoms with van der Waals surface area (Å²) in [6.07, 6.45) is -1.84. The Labute approximate surface area is 102 Å². The van der Waals surface area contributed by atoms with E-state index in [0.29, 0.717) is 5.56 Å². The van der Waals surface area contributed by atoms with Crippen molar-refractivity contribution < 1.29 is 13.7 Å². The van der Waals surface area contributed by atoms with Crippen LogP contribution in [0.15, 0.2) is 6.20 Å². The molecule has 0 unspecified atom stereocenters. The van der Waals surface area contributed by atoms with Crippen LogP contribution in [0.1, 0.15) is 17.7 Å². The summed E-state index contributed by atoms with van der Waals surface area (Å²) in [5.41, 5.74) is -1.12. The van der Waals surface area contributed by atoms with E-state index in [1.165, 1.54) is 0 Å². The van der Waals surface area contributed by atoms with Gasteiger partial charge in [0, 0.05) is 11.8 Å². The maximum atomic E-state index is 12.4. The van der Waals surface area contributed by atoms with Gasteiger partial charge in [0.15, 0.2) is 5.69 Å². The molecule has 1 rings (SSSR count). The number of nitro groups is 1. The Morgan fingerprint density at radius 2 is 2.27 bits per heavy atom. The SMILES string of the molecule is O=[N+]([O-])c1c(C(F)F)ncc(CCl)c1I. The van der Waals surface area contributed by atoms with Crippen molar-refractivity contribution in [2.75, 3.05) is 0 Å². The summed E-state index contributed by atoms with van der Waals surface area (Å²) in [7, 11) is 0. The molecule has 0 saturated heterocycles. The van der Waals surface area contributed by atoms with Crippen molar-refractivity contribution >= 4 is 39.9 Å². The summed E-state index contributed by atoms with van der Waals surface area (Å²) in [4.78, 5) is 13.1. The topological polar surface area (TPSA) is 56.0 Å². The van der Waals surface area contributed by atoms with Crippen molar-refractivity contribution in [1.82, 2.24) is 4.98 Å². The number of halogens is 4. The Morgan fingerprint density at radius 1 is 1.67 bits per heavy atom. The van der Waals surface area contributed by atoms with E-state index in [1.807, 2.05) is 0 Å². The third kappa shape index (κ3) is 2.51. The van der Waals surface area contributed by atoms with Crippen LogP contribution in [0.3, 0.4) is 0 Å². The number of rotatable bonds is 3. The monoisotopic (exact) mass is 348 g/mol. The lowest BCUT2D eigenvalue weighted by atomic mass is 10.2. The zero-order chi connectivity index (χ0) is 11.6. The van der Waals surface area contributed by atoms with Gasteiger partial charge in [0.1, 0.15) is 0 Å². The van der Waals surface area contributed by atoms with Gasteiger partial charge in [-0.1, -0.05) is 0 Å². The summed E-state index contributed by atoms with van der Waals surface area (Å²) >= 11 is 7.10. The van der Waals surface area contributed by atoms with Gasteiger partial charge < -0.3 is 0 Å². The van der Waals surface area contributed by atoms with E-state index in [9.17, 15) is 18.9 Å². The van der Waals surface area contributed by atoms with E-state index in [-0.39, 0.29) is 9.45 Å². The van der Waals surface area contributed by atoms with Crippen molar-refractivity contribution in [1.29, 1.82) is 0 Å². The van der Waals surface area contributed by atoms with E-state index in [1.54, 1.807) is 22.6 Å². The van der Waals surface area contributed by atoms with Crippen LogP contribution in [0.2, 0.25) is 0 Å². The highest BCUT2D eigenvalue weighted by molar-refractivity contribution is 14.1. The van der Waals surface area contributed by atoms with Crippen LogP contribution >= 0.6 is 34.2 Å². The largest absolute Gasteiger partial charge is 0.310 e. The molecule has 0 N–H and O–H groups in total. The molecule has 8 heteroatoms. The average molecular weight is 348 g/mol. The Hall–Kier alpha value is -0.570. The van der Waals surface area contributed by atoms with E-state index >= 15 is 0 Å². The first-order chi connectivity index (χ1) is 6.99. The Balaban J connectivity index is 3.44. The minimum absolute atomic E-state index is 0.00433. The highest BCUT2D eigenvalue weighted by Gasteiger charge is 2.28. The van der Waals surface area contributed by atoms with Gasteiger partial charge in [-0.15, -0.1) is 11.6 Å². The molecule has 0 spiro atoms. The molecule has 82 valence electrons. The normalized spacial score (nSPS) is 10.7. The van der Waals surface area contributed by atoms with Crippen molar-refractivity contribution in [3.63, 3.8) is 0 Å². The second-order valence-electron chi connectivity index (χ2n) is 2.52. The molecule has 0 radical (unpaired) electrons. The van der Waals surface area contributed by atoms with E-state index in [4.69, 9.17) is 11.6 Å². The lowest BCUT2D eigenvalue weighted by Crippen LogP contribution is -2.04. The molecule has 0 amide bonds. The van der Waals surface area contributed by atoms with Gasteiger partial charge in [0.05, 0.1) is 14.4 Å². The molecule has 1 aromatic rings. The minimum Gasteiger partial charge on any atom is -0.258 e. The number of aromatic nitrogens is 1. The minimum atomic E-state index is -2.97. The van der Waals surface area contributed by atoms with Crippen LogP contribution in [0.4, 0.5) is 14.5 Å². The molecule has 1 heterocycles. The first kappa shape index (κ1) is 12.5. The molecule has 4 nitrogen and oxygen atoms in total. The summed E-state index contributed by atoms with van der Waals surface area (Å²) < 4.78 is 24.9. The zero-order valence-corrected chi connectivity index (χ0v) is 10.00. The summed E-state index contributed by atoms with van der Waals surface area (Å²) in [5, 5.41) is 10.6. The second-order valence-corrected chi connectivity index (χ2v) is 3.87. The van der Waals surface area contributed by atoms with E-state index in [0.717, 1.165) is 6.20 Å². The lowest BCUT2D eigenvalue weighted by Gasteiger charge is -2.05. The molecule has 0 aliphatic heterocycles. The van der Waals surface area contributed by atoms with Crippen molar-refractivity contribution in [3.8, 4) is 0 Å². The smallest absolute Gasteiger partial charge is 0.258 e. The predicted octanol–water partition coefficient (Wildman–Crippen LogP) is 3.27. The molecule has 15 heavy (non-hydrogen) atoms. The molecular formula is C7H4ClF2IN2O2. The fourth-order valence-electron chi connectivity index (χ4n) is 0.956. The van der Waals surface area contributed by atoms with Gasteiger partial charge in [0.25, 0.3) is 6.43 Å². The van der Waals surface area contributed by atoms with Crippen molar-refractivity contribution in [3.05, 3.63) is 31.1 Å². The second kappa shape index (κ2) is 4.97. The van der Waals surface area contributed by atoms with Crippen LogP contribution in [-0.2, 0) is 5.88 Å². The molecule has 0 bridgehead atoms. The van der Waals surface area contributed by atoms with Gasteiger partial charge in [-0.25, -0.2) is 13.8 Å². The zero-order valence-electron chi connectivity index (χ0n) is 7.08. The predicted molar refractivity (Wildman–Crippen MR) is 58.1 cm³/mol. The summed E-state index contributed by atoms with van der Waals surface area (Å²) in [6.45, 7) is 0. The highest BCUT2D eigenvalue weighted by atomic mass is 127. The van der Waals surface area contributed by atoms with E-state index < -0.39 is 22.7 Å². The average Bonchev–Trinajstić information content (AvgIpc) is 2.16. The Bertz CT molecular complexity index is 403. The fourth-order valence-corrected chi connectivity index (χ4v) is 2.19. The van der Waals surface area contributed by atoms with Gasteiger partial charge in [-0.2, -0.15) is 0 Å². The molecule has 0 aromatic carbocycles. The maximum absolute atomic E-state index is 12.4. The first-order valence-corrected chi connectivity index (χ1v) is 5.26. The van der Waals surface area contributed by atoms with Gasteiger partial charge >= 0.3 is 5.69 Å². The molecule has 0 fully saturated rings. The highest BCUT2D eigenvalue weighted by Crippen LogP contribution is 2.33. The van der Waals surface area contributed by atoms with Gasteiger partial charge in [-0.05, 0) is 22.6 Å². The molecule has 0 saturated carbocycles. The fraction of sp³-hybridized carbons (Fsp3) is 0.286. The Kier molecular flexibility index (Phi) is 4.14. The van der Waals surface area contributed by atoms with Crippen molar-refractivity contribution in [2.45, 2.75) is 12.3 Å². The number of pyridine rings is 1.